The zero-order chi connectivity index (χ0) is 25.5. The number of aromatic nitrogens is 3. The van der Waals surface area contributed by atoms with Crippen LogP contribution in [0.5, 0.6) is 5.75 Å². The highest BCUT2D eigenvalue weighted by Crippen LogP contribution is 2.25. The number of carbonyl (C=O) groups excluding carboxylic acids is 1. The van der Waals surface area contributed by atoms with E-state index in [-0.39, 0.29) is 17.7 Å². The molecule has 0 aliphatic rings. The maximum Gasteiger partial charge on any atom is 0.254 e. The number of pyridine rings is 1. The van der Waals surface area contributed by atoms with Gasteiger partial charge in [0.05, 0.1) is 10.7 Å². The average Bonchev–Trinajstić information content (AvgIpc) is 2.90. The molecule has 1 amide bonds. The van der Waals surface area contributed by atoms with Crippen molar-refractivity contribution < 1.29 is 9.90 Å². The summed E-state index contributed by atoms with van der Waals surface area (Å²) in [4.78, 5) is 28.2. The van der Waals surface area contributed by atoms with Gasteiger partial charge in [0.25, 0.3) is 5.91 Å². The number of aromatic hydroxyl groups is 1. The topological polar surface area (TPSA) is 79.2 Å². The number of amides is 1. The second kappa shape index (κ2) is 11.8. The molecule has 0 saturated carbocycles. The van der Waals surface area contributed by atoms with Crippen LogP contribution in [0.15, 0.2) is 79.3 Å². The van der Waals surface area contributed by atoms with Gasteiger partial charge in [-0.2, -0.15) is 0 Å². The van der Waals surface area contributed by atoms with Crippen molar-refractivity contribution in [2.45, 2.75) is 45.7 Å². The average molecular weight is 501 g/mol. The number of rotatable bonds is 9. The molecule has 0 radical (unpaired) electrons. The van der Waals surface area contributed by atoms with Crippen LogP contribution in [0.3, 0.4) is 0 Å². The smallest absolute Gasteiger partial charge is 0.254 e. The number of phenols is 1. The molecule has 0 aliphatic carbocycles. The van der Waals surface area contributed by atoms with Gasteiger partial charge >= 0.3 is 0 Å². The molecule has 7 heteroatoms. The van der Waals surface area contributed by atoms with Gasteiger partial charge in [-0.1, -0.05) is 35.9 Å². The molecule has 184 valence electrons. The molecule has 0 saturated heterocycles. The van der Waals surface area contributed by atoms with Crippen molar-refractivity contribution in [3.05, 3.63) is 107 Å². The first kappa shape index (κ1) is 25.3. The summed E-state index contributed by atoms with van der Waals surface area (Å²) in [6, 6.07) is 18.9. The first-order chi connectivity index (χ1) is 17.4. The lowest BCUT2D eigenvalue weighted by Gasteiger charge is -2.27. The van der Waals surface area contributed by atoms with Crippen LogP contribution in [0.1, 0.15) is 47.6 Å². The fourth-order valence-electron chi connectivity index (χ4n) is 4.01. The fourth-order valence-corrected chi connectivity index (χ4v) is 4.21. The molecule has 2 heterocycles. The minimum atomic E-state index is -0.0166. The molecule has 0 unspecified atom stereocenters. The summed E-state index contributed by atoms with van der Waals surface area (Å²) in [6.45, 7) is 4.54. The van der Waals surface area contributed by atoms with E-state index in [4.69, 9.17) is 16.6 Å². The predicted molar refractivity (Wildman–Crippen MR) is 142 cm³/mol. The number of hydrogen-bond donors (Lipinski definition) is 1. The van der Waals surface area contributed by atoms with E-state index in [1.54, 1.807) is 42.9 Å². The van der Waals surface area contributed by atoms with Gasteiger partial charge in [-0.25, -0.2) is 9.97 Å². The lowest BCUT2D eigenvalue weighted by molar-refractivity contribution is 0.0690. The fraction of sp³-hybridized carbons (Fsp3) is 0.241. The number of hydrogen-bond acceptors (Lipinski definition) is 5. The van der Waals surface area contributed by atoms with Crippen molar-refractivity contribution in [2.75, 3.05) is 0 Å². The number of phenolic OH excluding ortho intramolecular Hbond substituents is 1. The van der Waals surface area contributed by atoms with E-state index in [0.717, 1.165) is 47.5 Å². The summed E-state index contributed by atoms with van der Waals surface area (Å²) >= 11 is 6.01. The van der Waals surface area contributed by atoms with Crippen molar-refractivity contribution >= 4 is 17.5 Å². The van der Waals surface area contributed by atoms with Crippen LogP contribution in [0.25, 0.3) is 11.3 Å². The zero-order valence-electron chi connectivity index (χ0n) is 20.4. The Bertz CT molecular complexity index is 1330. The van der Waals surface area contributed by atoms with E-state index >= 15 is 0 Å². The Balaban J connectivity index is 1.45. The Morgan fingerprint density at radius 2 is 1.78 bits per heavy atom. The van der Waals surface area contributed by atoms with Crippen molar-refractivity contribution in [3.63, 3.8) is 0 Å². The molecule has 0 fully saturated rings. The molecule has 0 bridgehead atoms. The summed E-state index contributed by atoms with van der Waals surface area (Å²) in [6.07, 6.45) is 7.48. The van der Waals surface area contributed by atoms with E-state index in [1.807, 2.05) is 49.1 Å². The molecule has 4 rings (SSSR count). The monoisotopic (exact) mass is 500 g/mol. The van der Waals surface area contributed by atoms with Crippen LogP contribution in [0.2, 0.25) is 5.02 Å². The number of carbonyl (C=O) groups is 1. The third-order valence-corrected chi connectivity index (χ3v) is 6.27. The van der Waals surface area contributed by atoms with E-state index < -0.39 is 0 Å². The largest absolute Gasteiger partial charge is 0.506 e. The van der Waals surface area contributed by atoms with Gasteiger partial charge in [-0.05, 0) is 74.2 Å². The quantitative estimate of drug-likeness (QED) is 0.299. The lowest BCUT2D eigenvalue weighted by atomic mass is 10.1. The summed E-state index contributed by atoms with van der Waals surface area (Å²) in [5.41, 5.74) is 4.57. The highest BCUT2D eigenvalue weighted by molar-refractivity contribution is 6.32. The number of halogens is 1. The molecular weight excluding hydrogens is 472 g/mol. The maximum atomic E-state index is 13.1. The molecular formula is C29H29ClN4O2. The third kappa shape index (κ3) is 6.46. The van der Waals surface area contributed by atoms with Crippen molar-refractivity contribution in [1.29, 1.82) is 0 Å². The standard InChI is InChI=1S/C29H29ClN4O2/c1-20(2)34(29(36)23-11-14-31-15-12-23)19-22-6-3-7-24(17-22)26-13-16-32-28(33-26)8-4-5-21-9-10-27(35)25(30)18-21/h3,6-7,9-18,20,35H,4-5,8,19H2,1-2H3. The molecule has 4 aromatic rings. The van der Waals surface area contributed by atoms with Crippen molar-refractivity contribution in [2.24, 2.45) is 0 Å². The van der Waals surface area contributed by atoms with E-state index in [9.17, 15) is 9.90 Å². The molecule has 0 atom stereocenters. The van der Waals surface area contributed by atoms with Crippen LogP contribution >= 0.6 is 11.6 Å². The third-order valence-electron chi connectivity index (χ3n) is 5.97. The molecule has 6 nitrogen and oxygen atoms in total. The summed E-state index contributed by atoms with van der Waals surface area (Å²) in [7, 11) is 0. The van der Waals surface area contributed by atoms with E-state index in [1.165, 1.54) is 0 Å². The number of nitrogens with zero attached hydrogens (tertiary/aromatic N) is 4. The van der Waals surface area contributed by atoms with Gasteiger partial charge in [0, 0.05) is 48.7 Å². The SMILES string of the molecule is CC(C)N(Cc1cccc(-c2ccnc(CCCc3ccc(O)c(Cl)c3)n2)c1)C(=O)c1ccncc1. The Morgan fingerprint density at radius 1 is 0.972 bits per heavy atom. The minimum Gasteiger partial charge on any atom is -0.506 e. The van der Waals surface area contributed by atoms with Gasteiger partial charge in [0.15, 0.2) is 0 Å². The Hall–Kier alpha value is -3.77. The Labute approximate surface area is 216 Å². The second-order valence-corrected chi connectivity index (χ2v) is 9.37. The van der Waals surface area contributed by atoms with Crippen LogP contribution in [-0.4, -0.2) is 36.9 Å². The van der Waals surface area contributed by atoms with Gasteiger partial charge in [0.1, 0.15) is 11.6 Å². The maximum absolute atomic E-state index is 13.1. The van der Waals surface area contributed by atoms with E-state index in [0.29, 0.717) is 17.1 Å². The summed E-state index contributed by atoms with van der Waals surface area (Å²) in [5.74, 6) is 0.855. The molecule has 2 aromatic carbocycles. The van der Waals surface area contributed by atoms with Crippen molar-refractivity contribution in [1.82, 2.24) is 19.9 Å². The van der Waals surface area contributed by atoms with Gasteiger partial charge in [0.2, 0.25) is 0 Å². The number of aryl methyl sites for hydroxylation is 2. The number of benzene rings is 2. The first-order valence-corrected chi connectivity index (χ1v) is 12.4. The van der Waals surface area contributed by atoms with Gasteiger partial charge in [-0.15, -0.1) is 0 Å². The van der Waals surface area contributed by atoms with Crippen molar-refractivity contribution in [3.8, 4) is 17.0 Å². The summed E-state index contributed by atoms with van der Waals surface area (Å²) < 4.78 is 0. The Kier molecular flexibility index (Phi) is 8.28. The van der Waals surface area contributed by atoms with Crippen LogP contribution in [0, 0.1) is 0 Å². The highest BCUT2D eigenvalue weighted by Gasteiger charge is 2.19. The van der Waals surface area contributed by atoms with Crippen LogP contribution in [-0.2, 0) is 19.4 Å². The lowest BCUT2D eigenvalue weighted by Crippen LogP contribution is -2.36. The minimum absolute atomic E-state index is 0.0166. The molecule has 1 N–H and O–H groups in total. The molecule has 2 aromatic heterocycles. The normalized spacial score (nSPS) is 11.0. The molecule has 36 heavy (non-hydrogen) atoms. The van der Waals surface area contributed by atoms with Crippen LogP contribution < -0.4 is 0 Å². The first-order valence-electron chi connectivity index (χ1n) is 12.0. The second-order valence-electron chi connectivity index (χ2n) is 8.96. The predicted octanol–water partition coefficient (Wildman–Crippen LogP) is 6.12. The summed E-state index contributed by atoms with van der Waals surface area (Å²) in [5, 5.41) is 9.95. The van der Waals surface area contributed by atoms with E-state index in [2.05, 4.69) is 16.0 Å². The molecule has 0 aliphatic heterocycles. The highest BCUT2D eigenvalue weighted by atomic mass is 35.5. The van der Waals surface area contributed by atoms with Gasteiger partial charge < -0.3 is 10.0 Å². The molecule has 0 spiro atoms. The van der Waals surface area contributed by atoms with Crippen LogP contribution in [0.4, 0.5) is 0 Å². The Morgan fingerprint density at radius 3 is 2.53 bits per heavy atom. The van der Waals surface area contributed by atoms with Gasteiger partial charge in [-0.3, -0.25) is 9.78 Å². The zero-order valence-corrected chi connectivity index (χ0v) is 21.2.